The summed E-state index contributed by atoms with van der Waals surface area (Å²) in [4.78, 5) is 39.9. The Hall–Kier alpha value is -5.12. The third-order valence-electron chi connectivity index (χ3n) is 10.4. The molecule has 7 N–H and O–H groups in total. The molecule has 1 amide bonds. The summed E-state index contributed by atoms with van der Waals surface area (Å²) in [6, 6.07) is 0. The maximum absolute atomic E-state index is 14.2. The van der Waals surface area contributed by atoms with E-state index in [2.05, 4.69) is 15.8 Å². The summed E-state index contributed by atoms with van der Waals surface area (Å²) in [5.74, 6) is -8.46. The third kappa shape index (κ3) is 7.74. The number of nitrogens with zero attached hydrogens (tertiary/aromatic N) is 1. The van der Waals surface area contributed by atoms with Gasteiger partial charge in [0.1, 0.15) is 23.4 Å². The number of hydrogen-bond donors (Lipinski definition) is 7. The number of carbonyl (C=O) groups excluding carboxylic acids is 3. The molecular formula is C39H51N3O12. The fourth-order valence-electron chi connectivity index (χ4n) is 7.00. The fraction of sp³-hybridized carbons (Fsp3) is 0.487. The largest absolute Gasteiger partial charge is 0.507 e. The second kappa shape index (κ2) is 16.5. The summed E-state index contributed by atoms with van der Waals surface area (Å²) in [5.41, 5.74) is 2.05. The number of anilines is 1. The summed E-state index contributed by atoms with van der Waals surface area (Å²) in [7, 11) is 2.91. The third-order valence-corrected chi connectivity index (χ3v) is 10.4. The summed E-state index contributed by atoms with van der Waals surface area (Å²) in [5, 5.41) is 63.4. The van der Waals surface area contributed by atoms with Gasteiger partial charge in [0.15, 0.2) is 5.75 Å². The molecule has 0 saturated carbocycles. The van der Waals surface area contributed by atoms with Gasteiger partial charge in [0.05, 0.1) is 53.0 Å². The minimum atomic E-state index is -2.04. The van der Waals surface area contributed by atoms with Gasteiger partial charge < -0.3 is 55.2 Å². The van der Waals surface area contributed by atoms with Crippen molar-refractivity contribution in [1.82, 2.24) is 5.43 Å². The van der Waals surface area contributed by atoms with E-state index >= 15 is 0 Å². The SMILES string of the molecule is CN/N=C/c1c2c(O)c3c(O)c(C)c4c(c3c1O)C(=O)C(C)(O/C=C/C(OC)C(C)C(OC(C)=O)C(C)C(O)C(C)C(O)C(C)/C=C/C=C(\C)C(=O)N2)O4. The molecule has 3 aliphatic heterocycles. The molecule has 15 nitrogen and oxygen atoms in total. The van der Waals surface area contributed by atoms with Gasteiger partial charge in [-0.3, -0.25) is 14.4 Å². The van der Waals surface area contributed by atoms with E-state index in [0.29, 0.717) is 0 Å². The van der Waals surface area contributed by atoms with Crippen LogP contribution in [0, 0.1) is 30.6 Å². The number of allylic oxidation sites excluding steroid dienone is 2. The van der Waals surface area contributed by atoms with Gasteiger partial charge in [-0.1, -0.05) is 45.9 Å². The number of aliphatic hydroxyl groups is 2. The molecule has 9 atom stereocenters. The zero-order valence-electron chi connectivity index (χ0n) is 32.1. The van der Waals surface area contributed by atoms with E-state index in [-0.39, 0.29) is 44.5 Å². The number of carbonyl (C=O) groups is 3. The molecule has 0 fully saturated rings. The Morgan fingerprint density at radius 3 is 2.26 bits per heavy atom. The smallest absolute Gasteiger partial charge is 0.312 e. The normalized spacial score (nSPS) is 31.7. The molecule has 9 unspecified atom stereocenters. The van der Waals surface area contributed by atoms with Crippen molar-refractivity contribution in [1.29, 1.82) is 0 Å². The second-order valence-corrected chi connectivity index (χ2v) is 14.1. The Bertz CT molecular complexity index is 1920. The number of ether oxygens (including phenoxy) is 4. The summed E-state index contributed by atoms with van der Waals surface area (Å²) in [6.07, 6.45) is 4.62. The molecule has 54 heavy (non-hydrogen) atoms. The number of ketones is 1. The number of nitrogens with one attached hydrogen (secondary N) is 2. The topological polar surface area (TPSA) is 226 Å². The Morgan fingerprint density at radius 2 is 1.65 bits per heavy atom. The average molecular weight is 754 g/mol. The lowest BCUT2D eigenvalue weighted by Gasteiger charge is -2.38. The lowest BCUT2D eigenvalue weighted by molar-refractivity contribution is -0.160. The van der Waals surface area contributed by atoms with Crippen LogP contribution in [0.1, 0.15) is 70.0 Å². The van der Waals surface area contributed by atoms with Crippen LogP contribution in [0.2, 0.25) is 0 Å². The van der Waals surface area contributed by atoms with Crippen LogP contribution >= 0.6 is 0 Å². The van der Waals surface area contributed by atoms with Crippen molar-refractivity contribution >= 4 is 40.3 Å². The first-order valence-corrected chi connectivity index (χ1v) is 17.6. The molecular weight excluding hydrogens is 702 g/mol. The first kappa shape index (κ1) is 41.6. The van der Waals surface area contributed by atoms with Crippen LogP contribution in [-0.2, 0) is 23.8 Å². The molecule has 5 bridgehead atoms. The van der Waals surface area contributed by atoms with E-state index in [1.807, 2.05) is 0 Å². The number of fused-ring (bicyclic) bond motifs is 14. The predicted molar refractivity (Wildman–Crippen MR) is 200 cm³/mol. The molecule has 294 valence electrons. The molecule has 2 aromatic carbocycles. The molecule has 3 aliphatic rings. The van der Waals surface area contributed by atoms with Crippen molar-refractivity contribution in [3.05, 3.63) is 52.8 Å². The van der Waals surface area contributed by atoms with Gasteiger partial charge in [-0.2, -0.15) is 5.10 Å². The van der Waals surface area contributed by atoms with E-state index in [1.165, 1.54) is 60.3 Å². The quantitative estimate of drug-likeness (QED) is 0.0761. The minimum absolute atomic E-state index is 0.0446. The van der Waals surface area contributed by atoms with Gasteiger partial charge in [-0.05, 0) is 19.9 Å². The predicted octanol–water partition coefficient (Wildman–Crippen LogP) is 4.31. The van der Waals surface area contributed by atoms with E-state index in [0.717, 1.165) is 6.21 Å². The summed E-state index contributed by atoms with van der Waals surface area (Å²) in [6.45, 7) is 12.4. The number of rotatable bonds is 4. The number of aliphatic hydroxyl groups excluding tert-OH is 2. The summed E-state index contributed by atoms with van der Waals surface area (Å²) < 4.78 is 23.4. The first-order valence-electron chi connectivity index (χ1n) is 17.6. The van der Waals surface area contributed by atoms with Crippen LogP contribution in [0.4, 0.5) is 5.69 Å². The number of benzene rings is 2. The van der Waals surface area contributed by atoms with Gasteiger partial charge in [0, 0.05) is 68.2 Å². The van der Waals surface area contributed by atoms with Crippen LogP contribution in [0.25, 0.3) is 10.8 Å². The Kier molecular flexibility index (Phi) is 12.7. The maximum Gasteiger partial charge on any atom is 0.312 e. The molecule has 0 spiro atoms. The Labute approximate surface area is 313 Å². The van der Waals surface area contributed by atoms with Gasteiger partial charge in [-0.25, -0.2) is 0 Å². The van der Waals surface area contributed by atoms with Crippen molar-refractivity contribution in [2.24, 2.45) is 28.8 Å². The molecule has 0 saturated heterocycles. The van der Waals surface area contributed by atoms with Crippen LogP contribution in [0.3, 0.4) is 0 Å². The van der Waals surface area contributed by atoms with Gasteiger partial charge >= 0.3 is 11.8 Å². The lowest BCUT2D eigenvalue weighted by atomic mass is 9.78. The minimum Gasteiger partial charge on any atom is -0.507 e. The molecule has 0 aromatic heterocycles. The highest BCUT2D eigenvalue weighted by Crippen LogP contribution is 2.55. The second-order valence-electron chi connectivity index (χ2n) is 14.1. The van der Waals surface area contributed by atoms with Crippen molar-refractivity contribution in [2.45, 2.75) is 85.6 Å². The van der Waals surface area contributed by atoms with Gasteiger partial charge in [0.25, 0.3) is 11.7 Å². The van der Waals surface area contributed by atoms with E-state index in [4.69, 9.17) is 18.9 Å². The van der Waals surface area contributed by atoms with Crippen LogP contribution in [-0.4, -0.2) is 93.8 Å². The Morgan fingerprint density at radius 1 is 0.981 bits per heavy atom. The number of amides is 1. The average Bonchev–Trinajstić information content (AvgIpc) is 3.39. The molecule has 2 aromatic rings. The zero-order valence-corrected chi connectivity index (χ0v) is 32.1. The number of phenolic OH excluding ortho intramolecular Hbond substituents is 3. The highest BCUT2D eigenvalue weighted by Gasteiger charge is 2.50. The summed E-state index contributed by atoms with van der Waals surface area (Å²) >= 11 is 0. The molecule has 0 radical (unpaired) electrons. The number of aromatic hydroxyl groups is 3. The molecule has 5 rings (SSSR count). The maximum atomic E-state index is 14.2. The number of Topliss-reactive ketones (excluding diaryl/α,β-unsaturated/α-hetero) is 1. The zero-order chi connectivity index (χ0) is 40.4. The van der Waals surface area contributed by atoms with Crippen molar-refractivity contribution < 1.29 is 58.9 Å². The van der Waals surface area contributed by atoms with Crippen LogP contribution in [0.15, 0.2) is 41.2 Å². The first-order chi connectivity index (χ1) is 25.3. The molecule has 3 heterocycles. The number of phenols is 3. The standard InChI is InChI=1S/C39H51N3O12/c1-17-12-11-13-18(2)38(50)42-29-24(16-41-40-9)33(47)26-27(34(29)48)32(46)22(6)36-28(26)37(49)39(8,54-36)52-15-14-25(51-10)19(3)35(53-23(7)43)21(5)31(45)20(4)30(17)44/h11-17,19-21,25,30-31,35,40,44-48H,1-10H3,(H,42,50)/b12-11+,15-14+,18-13+,41-16+. The number of esters is 1. The highest BCUT2D eigenvalue weighted by atomic mass is 16.7. The van der Waals surface area contributed by atoms with E-state index in [1.54, 1.807) is 39.8 Å². The van der Waals surface area contributed by atoms with Crippen molar-refractivity contribution in [2.75, 3.05) is 19.5 Å². The number of methoxy groups -OCH3 is 1. The van der Waals surface area contributed by atoms with Crippen molar-refractivity contribution in [3.63, 3.8) is 0 Å². The number of hydrogen-bond acceptors (Lipinski definition) is 14. The van der Waals surface area contributed by atoms with Gasteiger partial charge in [0.2, 0.25) is 0 Å². The monoisotopic (exact) mass is 753 g/mol. The fourth-order valence-corrected chi connectivity index (χ4v) is 7.00. The molecule has 15 heteroatoms. The van der Waals surface area contributed by atoms with Crippen LogP contribution in [0.5, 0.6) is 23.0 Å². The lowest BCUT2D eigenvalue weighted by Crippen LogP contribution is -2.46. The highest BCUT2D eigenvalue weighted by molar-refractivity contribution is 6.23. The number of hydrazone groups is 1. The van der Waals surface area contributed by atoms with E-state index in [9.17, 15) is 39.9 Å². The van der Waals surface area contributed by atoms with Gasteiger partial charge in [-0.15, -0.1) is 0 Å². The molecule has 0 aliphatic carbocycles. The van der Waals surface area contributed by atoms with E-state index < -0.39 is 88.8 Å². The van der Waals surface area contributed by atoms with Crippen LogP contribution < -0.4 is 15.5 Å². The van der Waals surface area contributed by atoms with Crippen molar-refractivity contribution in [3.8, 4) is 23.0 Å². The Balaban J connectivity index is 1.96.